The Bertz CT molecular complexity index is 332. The van der Waals surface area contributed by atoms with Gasteiger partial charge in [0.15, 0.2) is 0 Å². The summed E-state index contributed by atoms with van der Waals surface area (Å²) in [5.74, 6) is -2.01. The quantitative estimate of drug-likeness (QED) is 0.549. The van der Waals surface area contributed by atoms with Crippen LogP contribution in [0, 0.1) is 0 Å². The van der Waals surface area contributed by atoms with E-state index in [0.717, 1.165) is 0 Å². The maximum absolute atomic E-state index is 12.0. The summed E-state index contributed by atoms with van der Waals surface area (Å²) in [6.07, 6.45) is -0.474. The monoisotopic (exact) mass is 275 g/mol. The second-order valence-corrected chi connectivity index (χ2v) is 4.25. The molecule has 0 rings (SSSR count). The molecule has 1 unspecified atom stereocenters. The third-order valence-corrected chi connectivity index (χ3v) is 2.41. The average Bonchev–Trinajstić information content (AvgIpc) is 2.32. The number of rotatable bonds is 8. The molecule has 0 aromatic carbocycles. The minimum atomic E-state index is -1.16. The average molecular weight is 275 g/mol. The summed E-state index contributed by atoms with van der Waals surface area (Å²) in [5, 5.41) is 8.61. The molecule has 1 atom stereocenters. The standard InChI is InChI=1S/C11H21N3O5/c1-13(2)9(15)7-14(4-5-19-3)11(18)8(12)6-10(16)17/h8H,4-7,12H2,1-3H3,(H,16,17). The van der Waals surface area contributed by atoms with Gasteiger partial charge in [-0.05, 0) is 0 Å². The Labute approximate surface area is 112 Å². The molecule has 3 N–H and O–H groups in total. The minimum absolute atomic E-state index is 0.150. The molecule has 0 aromatic rings. The second kappa shape index (κ2) is 8.44. The van der Waals surface area contributed by atoms with Crippen LogP contribution in [0.4, 0.5) is 0 Å². The number of methoxy groups -OCH3 is 1. The van der Waals surface area contributed by atoms with Crippen molar-refractivity contribution in [2.24, 2.45) is 5.73 Å². The Morgan fingerprint density at radius 1 is 1.32 bits per heavy atom. The summed E-state index contributed by atoms with van der Waals surface area (Å²) in [5.41, 5.74) is 5.50. The highest BCUT2D eigenvalue weighted by Gasteiger charge is 2.25. The Kier molecular flexibility index (Phi) is 7.69. The first-order valence-corrected chi connectivity index (χ1v) is 5.74. The molecule has 8 nitrogen and oxygen atoms in total. The molecule has 0 saturated heterocycles. The number of nitrogens with zero attached hydrogens (tertiary/aromatic N) is 2. The maximum Gasteiger partial charge on any atom is 0.305 e. The number of ether oxygens (including phenoxy) is 1. The molecule has 2 amide bonds. The molecule has 0 aliphatic heterocycles. The molecule has 0 fully saturated rings. The van der Waals surface area contributed by atoms with Crippen molar-refractivity contribution in [3.05, 3.63) is 0 Å². The highest BCUT2D eigenvalue weighted by molar-refractivity contribution is 5.89. The molecule has 0 spiro atoms. The lowest BCUT2D eigenvalue weighted by atomic mass is 10.2. The van der Waals surface area contributed by atoms with E-state index >= 15 is 0 Å². The van der Waals surface area contributed by atoms with E-state index in [1.54, 1.807) is 14.1 Å². The number of nitrogens with two attached hydrogens (primary N) is 1. The molecule has 0 heterocycles. The van der Waals surface area contributed by atoms with E-state index in [2.05, 4.69) is 0 Å². The smallest absolute Gasteiger partial charge is 0.305 e. The molecule has 8 heteroatoms. The van der Waals surface area contributed by atoms with Gasteiger partial charge in [0, 0.05) is 27.7 Å². The summed E-state index contributed by atoms with van der Waals surface area (Å²) in [7, 11) is 4.60. The summed E-state index contributed by atoms with van der Waals surface area (Å²) in [4.78, 5) is 36.6. The molecule has 110 valence electrons. The van der Waals surface area contributed by atoms with E-state index < -0.39 is 24.3 Å². The molecule has 0 aliphatic carbocycles. The fourth-order valence-electron chi connectivity index (χ4n) is 1.28. The topological polar surface area (TPSA) is 113 Å². The maximum atomic E-state index is 12.0. The zero-order chi connectivity index (χ0) is 15.0. The Hall–Kier alpha value is -1.67. The Balaban J connectivity index is 4.67. The number of carbonyl (C=O) groups excluding carboxylic acids is 2. The van der Waals surface area contributed by atoms with Gasteiger partial charge < -0.3 is 25.4 Å². The lowest BCUT2D eigenvalue weighted by molar-refractivity contribution is -0.144. The minimum Gasteiger partial charge on any atom is -0.481 e. The first-order chi connectivity index (χ1) is 8.79. The van der Waals surface area contributed by atoms with Crippen molar-refractivity contribution in [3.63, 3.8) is 0 Å². The molecular formula is C11H21N3O5. The molecule has 0 radical (unpaired) electrons. The number of aliphatic carboxylic acids is 1. The zero-order valence-electron chi connectivity index (χ0n) is 11.5. The van der Waals surface area contributed by atoms with Crippen LogP contribution in [0.25, 0.3) is 0 Å². The largest absolute Gasteiger partial charge is 0.481 e. The van der Waals surface area contributed by atoms with E-state index in [1.165, 1.54) is 16.9 Å². The fourth-order valence-corrected chi connectivity index (χ4v) is 1.28. The normalized spacial score (nSPS) is 11.8. The predicted octanol–water partition coefficient (Wildman–Crippen LogP) is -1.65. The third kappa shape index (κ3) is 6.73. The molecule has 0 aliphatic rings. The van der Waals surface area contributed by atoms with Crippen LogP contribution in [0.2, 0.25) is 0 Å². The van der Waals surface area contributed by atoms with Gasteiger partial charge in [-0.25, -0.2) is 0 Å². The number of carboxylic acids is 1. The van der Waals surface area contributed by atoms with Crippen LogP contribution in [0.15, 0.2) is 0 Å². The summed E-state index contributed by atoms with van der Waals surface area (Å²) < 4.78 is 4.85. The van der Waals surface area contributed by atoms with Crippen molar-refractivity contribution < 1.29 is 24.2 Å². The third-order valence-electron chi connectivity index (χ3n) is 2.41. The summed E-state index contributed by atoms with van der Waals surface area (Å²) in [6.45, 7) is 0.275. The van der Waals surface area contributed by atoms with Gasteiger partial charge in [-0.2, -0.15) is 0 Å². The Morgan fingerprint density at radius 3 is 2.32 bits per heavy atom. The zero-order valence-corrected chi connectivity index (χ0v) is 11.5. The van der Waals surface area contributed by atoms with Crippen molar-refractivity contribution in [1.29, 1.82) is 0 Å². The van der Waals surface area contributed by atoms with Gasteiger partial charge in [0.2, 0.25) is 11.8 Å². The lowest BCUT2D eigenvalue weighted by Crippen LogP contribution is -2.49. The van der Waals surface area contributed by atoms with Crippen LogP contribution in [0.1, 0.15) is 6.42 Å². The van der Waals surface area contributed by atoms with E-state index in [-0.39, 0.29) is 25.6 Å². The molecule has 0 bridgehead atoms. The number of carboxylic acid groups (broad SMARTS) is 1. The van der Waals surface area contributed by atoms with Crippen molar-refractivity contribution in [2.45, 2.75) is 12.5 Å². The van der Waals surface area contributed by atoms with Gasteiger partial charge in [-0.1, -0.05) is 0 Å². The van der Waals surface area contributed by atoms with Gasteiger partial charge >= 0.3 is 5.97 Å². The summed E-state index contributed by atoms with van der Waals surface area (Å²) in [6, 6.07) is -1.16. The van der Waals surface area contributed by atoms with Gasteiger partial charge in [0.25, 0.3) is 0 Å². The number of hydrogen-bond acceptors (Lipinski definition) is 5. The highest BCUT2D eigenvalue weighted by atomic mass is 16.5. The first-order valence-electron chi connectivity index (χ1n) is 5.74. The lowest BCUT2D eigenvalue weighted by Gasteiger charge is -2.25. The number of carbonyl (C=O) groups is 3. The van der Waals surface area contributed by atoms with Gasteiger partial charge in [-0.3, -0.25) is 14.4 Å². The van der Waals surface area contributed by atoms with Gasteiger partial charge in [0.1, 0.15) is 0 Å². The van der Waals surface area contributed by atoms with E-state index in [1.807, 2.05) is 0 Å². The van der Waals surface area contributed by atoms with Crippen LogP contribution >= 0.6 is 0 Å². The predicted molar refractivity (Wildman–Crippen MR) is 67.4 cm³/mol. The number of hydrogen-bond donors (Lipinski definition) is 2. The molecular weight excluding hydrogens is 254 g/mol. The number of amides is 2. The van der Waals surface area contributed by atoms with E-state index in [0.29, 0.717) is 0 Å². The van der Waals surface area contributed by atoms with E-state index in [4.69, 9.17) is 15.6 Å². The first kappa shape index (κ1) is 17.3. The SMILES string of the molecule is COCCN(CC(=O)N(C)C)C(=O)C(N)CC(=O)O. The van der Waals surface area contributed by atoms with Crippen LogP contribution in [-0.2, 0) is 19.1 Å². The number of likely N-dealkylation sites (N-methyl/N-ethyl adjacent to an activating group) is 1. The van der Waals surface area contributed by atoms with Crippen molar-refractivity contribution >= 4 is 17.8 Å². The Morgan fingerprint density at radius 2 is 1.89 bits per heavy atom. The van der Waals surface area contributed by atoms with Crippen molar-refractivity contribution in [2.75, 3.05) is 40.9 Å². The molecule has 0 saturated carbocycles. The molecule has 19 heavy (non-hydrogen) atoms. The van der Waals surface area contributed by atoms with Crippen molar-refractivity contribution in [3.8, 4) is 0 Å². The van der Waals surface area contributed by atoms with Crippen LogP contribution < -0.4 is 5.73 Å². The van der Waals surface area contributed by atoms with Crippen LogP contribution in [-0.4, -0.2) is 79.6 Å². The van der Waals surface area contributed by atoms with E-state index in [9.17, 15) is 14.4 Å². The summed E-state index contributed by atoms with van der Waals surface area (Å²) >= 11 is 0. The van der Waals surface area contributed by atoms with Gasteiger partial charge in [-0.15, -0.1) is 0 Å². The highest BCUT2D eigenvalue weighted by Crippen LogP contribution is 1.99. The fraction of sp³-hybridized carbons (Fsp3) is 0.727. The van der Waals surface area contributed by atoms with Crippen LogP contribution in [0.5, 0.6) is 0 Å². The van der Waals surface area contributed by atoms with Gasteiger partial charge in [0.05, 0.1) is 25.6 Å². The van der Waals surface area contributed by atoms with Crippen molar-refractivity contribution in [1.82, 2.24) is 9.80 Å². The molecule has 0 aromatic heterocycles. The second-order valence-electron chi connectivity index (χ2n) is 4.25. The van der Waals surface area contributed by atoms with Crippen LogP contribution in [0.3, 0.4) is 0 Å².